The van der Waals surface area contributed by atoms with Crippen LogP contribution >= 0.6 is 11.6 Å². The molecule has 2 rings (SSSR count). The van der Waals surface area contributed by atoms with Crippen LogP contribution in [0.25, 0.3) is 0 Å². The molecular formula is C16H22ClFN2O4S. The first-order chi connectivity index (χ1) is 11.7. The summed E-state index contributed by atoms with van der Waals surface area (Å²) in [6, 6.07) is 3.56. The van der Waals surface area contributed by atoms with Gasteiger partial charge in [-0.2, -0.15) is 0 Å². The van der Waals surface area contributed by atoms with E-state index in [0.717, 1.165) is 6.26 Å². The number of nitrogens with one attached hydrogen (secondary N) is 1. The molecule has 1 heterocycles. The summed E-state index contributed by atoms with van der Waals surface area (Å²) in [6.45, 7) is 2.32. The SMILES string of the molecule is CCOC(=O)N1CCCC(NS(C)(=O)=O)C1Cc1cccc(Cl)c1F. The molecule has 1 aliphatic heterocycles. The maximum Gasteiger partial charge on any atom is 0.410 e. The van der Waals surface area contributed by atoms with Crippen molar-refractivity contribution in [2.75, 3.05) is 19.4 Å². The van der Waals surface area contributed by atoms with Crippen LogP contribution < -0.4 is 4.72 Å². The summed E-state index contributed by atoms with van der Waals surface area (Å²) in [5.74, 6) is -0.559. The molecule has 0 aliphatic carbocycles. The second kappa shape index (κ2) is 8.33. The van der Waals surface area contributed by atoms with Crippen LogP contribution in [0.4, 0.5) is 9.18 Å². The molecule has 140 valence electrons. The van der Waals surface area contributed by atoms with Gasteiger partial charge in [0.15, 0.2) is 0 Å². The normalized spacial score (nSPS) is 21.2. The number of hydrogen-bond donors (Lipinski definition) is 1. The molecular weight excluding hydrogens is 371 g/mol. The molecule has 2 unspecified atom stereocenters. The number of nitrogens with zero attached hydrogens (tertiary/aromatic N) is 1. The van der Waals surface area contributed by atoms with Crippen molar-refractivity contribution < 1.29 is 22.3 Å². The fourth-order valence-electron chi connectivity index (χ4n) is 3.09. The van der Waals surface area contributed by atoms with Gasteiger partial charge < -0.3 is 9.64 Å². The molecule has 0 bridgehead atoms. The fourth-order valence-corrected chi connectivity index (χ4v) is 4.11. The van der Waals surface area contributed by atoms with Gasteiger partial charge in [-0.25, -0.2) is 22.3 Å². The van der Waals surface area contributed by atoms with Gasteiger partial charge in [0.25, 0.3) is 0 Å². The van der Waals surface area contributed by atoms with Gasteiger partial charge in [0, 0.05) is 12.6 Å². The number of likely N-dealkylation sites (tertiary alicyclic amines) is 1. The van der Waals surface area contributed by atoms with Crippen LogP contribution in [0.1, 0.15) is 25.3 Å². The van der Waals surface area contributed by atoms with Crippen LogP contribution in [0, 0.1) is 5.82 Å². The highest BCUT2D eigenvalue weighted by Gasteiger charge is 2.37. The molecule has 0 saturated carbocycles. The molecule has 1 aliphatic rings. The molecule has 25 heavy (non-hydrogen) atoms. The Bertz CT molecular complexity index is 729. The highest BCUT2D eigenvalue weighted by molar-refractivity contribution is 7.88. The van der Waals surface area contributed by atoms with E-state index in [1.807, 2.05) is 0 Å². The maximum absolute atomic E-state index is 14.3. The molecule has 1 fully saturated rings. The quantitative estimate of drug-likeness (QED) is 0.835. The lowest BCUT2D eigenvalue weighted by atomic mass is 9.91. The third-order valence-corrected chi connectivity index (χ3v) is 5.13. The van der Waals surface area contributed by atoms with E-state index in [4.69, 9.17) is 16.3 Å². The van der Waals surface area contributed by atoms with Crippen molar-refractivity contribution in [2.24, 2.45) is 0 Å². The summed E-state index contributed by atoms with van der Waals surface area (Å²) in [4.78, 5) is 13.7. The van der Waals surface area contributed by atoms with E-state index < -0.39 is 34.0 Å². The monoisotopic (exact) mass is 392 g/mol. The highest BCUT2D eigenvalue weighted by Crippen LogP contribution is 2.26. The number of carbonyl (C=O) groups excluding carboxylic acids is 1. The van der Waals surface area contributed by atoms with Gasteiger partial charge in [0.2, 0.25) is 10.0 Å². The number of halogens is 2. The minimum atomic E-state index is -3.48. The van der Waals surface area contributed by atoms with Crippen LogP contribution in [-0.4, -0.2) is 50.9 Å². The average molecular weight is 393 g/mol. The van der Waals surface area contributed by atoms with E-state index in [1.54, 1.807) is 19.1 Å². The zero-order valence-corrected chi connectivity index (χ0v) is 15.7. The second-order valence-corrected chi connectivity index (χ2v) is 8.20. The summed E-state index contributed by atoms with van der Waals surface area (Å²) >= 11 is 5.83. The second-order valence-electron chi connectivity index (χ2n) is 6.02. The average Bonchev–Trinajstić information content (AvgIpc) is 2.52. The van der Waals surface area contributed by atoms with Crippen molar-refractivity contribution in [3.63, 3.8) is 0 Å². The van der Waals surface area contributed by atoms with E-state index in [0.29, 0.717) is 24.9 Å². The molecule has 1 N–H and O–H groups in total. The van der Waals surface area contributed by atoms with Gasteiger partial charge in [-0.1, -0.05) is 23.7 Å². The molecule has 1 saturated heterocycles. The Morgan fingerprint density at radius 2 is 2.20 bits per heavy atom. The number of sulfonamides is 1. The Morgan fingerprint density at radius 1 is 1.48 bits per heavy atom. The largest absolute Gasteiger partial charge is 0.450 e. The molecule has 0 aromatic heterocycles. The smallest absolute Gasteiger partial charge is 0.410 e. The van der Waals surface area contributed by atoms with E-state index >= 15 is 0 Å². The number of hydrogen-bond acceptors (Lipinski definition) is 4. The minimum absolute atomic E-state index is 0.0105. The first-order valence-corrected chi connectivity index (χ1v) is 10.3. The van der Waals surface area contributed by atoms with Crippen LogP contribution in [0.3, 0.4) is 0 Å². The van der Waals surface area contributed by atoms with E-state index in [9.17, 15) is 17.6 Å². The van der Waals surface area contributed by atoms with E-state index in [1.165, 1.54) is 11.0 Å². The van der Waals surface area contributed by atoms with Crippen molar-refractivity contribution in [1.29, 1.82) is 0 Å². The number of carbonyl (C=O) groups is 1. The van der Waals surface area contributed by atoms with Crippen molar-refractivity contribution in [3.8, 4) is 0 Å². The zero-order chi connectivity index (χ0) is 18.6. The molecule has 9 heteroatoms. The molecule has 1 aromatic rings. The molecule has 0 radical (unpaired) electrons. The van der Waals surface area contributed by atoms with Crippen LogP contribution in [0.2, 0.25) is 5.02 Å². The van der Waals surface area contributed by atoms with Crippen molar-refractivity contribution in [1.82, 2.24) is 9.62 Å². The number of piperidine rings is 1. The zero-order valence-electron chi connectivity index (χ0n) is 14.2. The van der Waals surface area contributed by atoms with Gasteiger partial charge in [-0.05, 0) is 37.8 Å². The fraction of sp³-hybridized carbons (Fsp3) is 0.562. The van der Waals surface area contributed by atoms with Crippen LogP contribution in [0.15, 0.2) is 18.2 Å². The molecule has 6 nitrogen and oxygen atoms in total. The molecule has 2 atom stereocenters. The first kappa shape index (κ1) is 19.9. The van der Waals surface area contributed by atoms with Crippen molar-refractivity contribution in [3.05, 3.63) is 34.6 Å². The lowest BCUT2D eigenvalue weighted by Crippen LogP contribution is -2.57. The van der Waals surface area contributed by atoms with Crippen LogP contribution in [0.5, 0.6) is 0 Å². The van der Waals surface area contributed by atoms with Gasteiger partial charge in [0.1, 0.15) is 5.82 Å². The van der Waals surface area contributed by atoms with E-state index in [-0.39, 0.29) is 18.1 Å². The summed E-state index contributed by atoms with van der Waals surface area (Å²) in [5, 5.41) is -0.0105. The topological polar surface area (TPSA) is 75.7 Å². The lowest BCUT2D eigenvalue weighted by molar-refractivity contribution is 0.0676. The van der Waals surface area contributed by atoms with Gasteiger partial charge in [-0.3, -0.25) is 0 Å². The summed E-state index contributed by atoms with van der Waals surface area (Å²) in [6.07, 6.45) is 1.84. The summed E-state index contributed by atoms with van der Waals surface area (Å²) in [7, 11) is -3.48. The number of benzene rings is 1. The number of rotatable bonds is 5. The molecule has 1 amide bonds. The predicted molar refractivity (Wildman–Crippen MR) is 93.6 cm³/mol. The Morgan fingerprint density at radius 3 is 2.84 bits per heavy atom. The third-order valence-electron chi connectivity index (χ3n) is 4.11. The van der Waals surface area contributed by atoms with Gasteiger partial charge >= 0.3 is 6.09 Å². The minimum Gasteiger partial charge on any atom is -0.450 e. The Labute approximate surface area is 152 Å². The van der Waals surface area contributed by atoms with Crippen molar-refractivity contribution >= 4 is 27.7 Å². The number of ether oxygens (including phenoxy) is 1. The van der Waals surface area contributed by atoms with Crippen molar-refractivity contribution in [2.45, 2.75) is 38.3 Å². The Kier molecular flexibility index (Phi) is 6.65. The Balaban J connectivity index is 2.33. The number of amides is 1. The third kappa shape index (κ3) is 5.29. The van der Waals surface area contributed by atoms with Gasteiger partial charge in [-0.15, -0.1) is 0 Å². The van der Waals surface area contributed by atoms with Crippen LogP contribution in [-0.2, 0) is 21.2 Å². The maximum atomic E-state index is 14.3. The van der Waals surface area contributed by atoms with Gasteiger partial charge in [0.05, 0.1) is 23.9 Å². The summed E-state index contributed by atoms with van der Waals surface area (Å²) < 4.78 is 45.3. The van der Waals surface area contributed by atoms with E-state index in [2.05, 4.69) is 4.72 Å². The predicted octanol–water partition coefficient (Wildman–Crippen LogP) is 2.56. The molecule has 1 aromatic carbocycles. The highest BCUT2D eigenvalue weighted by atomic mass is 35.5. The molecule has 0 spiro atoms. The lowest BCUT2D eigenvalue weighted by Gasteiger charge is -2.40. The Hall–Kier alpha value is -1.38. The summed E-state index contributed by atoms with van der Waals surface area (Å²) in [5.41, 5.74) is 0.328. The first-order valence-electron chi connectivity index (χ1n) is 8.06. The standard InChI is InChI=1S/C16H22ClFN2O4S/c1-3-24-16(21)20-9-5-8-13(19-25(2,22)23)14(20)10-11-6-4-7-12(17)15(11)18/h4,6-7,13-14,19H,3,5,8-10H2,1-2H3.